The highest BCUT2D eigenvalue weighted by Gasteiger charge is 2.26. The maximum atomic E-state index is 12.9. The van der Waals surface area contributed by atoms with Gasteiger partial charge in [-0.1, -0.05) is 18.2 Å². The molecule has 0 aliphatic heterocycles. The number of nitrogens with one attached hydrogen (secondary N) is 2. The number of aromatic nitrogens is 1. The number of aryl methyl sites for hydroxylation is 1. The molecule has 1 aliphatic rings. The summed E-state index contributed by atoms with van der Waals surface area (Å²) >= 11 is 1.51. The summed E-state index contributed by atoms with van der Waals surface area (Å²) in [6.45, 7) is 1.13. The summed E-state index contributed by atoms with van der Waals surface area (Å²) in [5.74, 6) is 0.129. The van der Waals surface area contributed by atoms with Gasteiger partial charge in [0, 0.05) is 30.7 Å². The van der Waals surface area contributed by atoms with E-state index < -0.39 is 0 Å². The van der Waals surface area contributed by atoms with Gasteiger partial charge < -0.3 is 19.8 Å². The van der Waals surface area contributed by atoms with Crippen molar-refractivity contribution in [3.8, 4) is 11.5 Å². The Balaban J connectivity index is 1.46. The van der Waals surface area contributed by atoms with Gasteiger partial charge in [0.15, 0.2) is 0 Å². The molecule has 0 saturated carbocycles. The third kappa shape index (κ3) is 5.26. The minimum atomic E-state index is -0.218. The summed E-state index contributed by atoms with van der Waals surface area (Å²) in [5, 5.41) is 6.55. The number of ether oxygens (including phenoxy) is 1. The third-order valence-electron chi connectivity index (χ3n) is 5.38. The molecular formula is C24H27N3O4S. The number of oxazole rings is 1. The van der Waals surface area contributed by atoms with Crippen molar-refractivity contribution in [2.45, 2.75) is 38.5 Å². The Morgan fingerprint density at radius 2 is 2.00 bits per heavy atom. The Morgan fingerprint density at radius 1 is 1.19 bits per heavy atom. The summed E-state index contributed by atoms with van der Waals surface area (Å²) in [4.78, 5) is 31.3. The van der Waals surface area contributed by atoms with Gasteiger partial charge in [0.25, 0.3) is 5.91 Å². The number of hydrogen-bond donors (Lipinski definition) is 2. The molecule has 0 saturated heterocycles. The summed E-state index contributed by atoms with van der Waals surface area (Å²) in [7, 11) is 1.64. The van der Waals surface area contributed by atoms with Gasteiger partial charge >= 0.3 is 0 Å². The van der Waals surface area contributed by atoms with E-state index in [0.717, 1.165) is 43.2 Å². The molecule has 0 unspecified atom stereocenters. The minimum absolute atomic E-state index is 0.0772. The van der Waals surface area contributed by atoms with Crippen molar-refractivity contribution in [2.24, 2.45) is 0 Å². The van der Waals surface area contributed by atoms with Crippen LogP contribution in [0.25, 0.3) is 11.5 Å². The summed E-state index contributed by atoms with van der Waals surface area (Å²) in [6, 6.07) is 9.55. The molecule has 8 heteroatoms. The second-order valence-electron chi connectivity index (χ2n) is 7.75. The van der Waals surface area contributed by atoms with Crippen LogP contribution in [0.1, 0.15) is 45.8 Å². The van der Waals surface area contributed by atoms with Crippen LogP contribution in [0.5, 0.6) is 0 Å². The molecule has 0 bridgehead atoms. The van der Waals surface area contributed by atoms with E-state index in [1.165, 1.54) is 22.5 Å². The third-order valence-corrected chi connectivity index (χ3v) is 6.58. The highest BCUT2D eigenvalue weighted by molar-refractivity contribution is 7.17. The van der Waals surface area contributed by atoms with Crippen molar-refractivity contribution < 1.29 is 18.7 Å². The van der Waals surface area contributed by atoms with Gasteiger partial charge in [-0.3, -0.25) is 9.59 Å². The first kappa shape index (κ1) is 22.2. The number of thiophene rings is 1. The molecule has 2 heterocycles. The zero-order valence-corrected chi connectivity index (χ0v) is 18.9. The maximum Gasteiger partial charge on any atom is 0.254 e. The van der Waals surface area contributed by atoms with Gasteiger partial charge in [-0.25, -0.2) is 4.98 Å². The van der Waals surface area contributed by atoms with Crippen molar-refractivity contribution >= 4 is 28.2 Å². The summed E-state index contributed by atoms with van der Waals surface area (Å²) < 4.78 is 10.6. The van der Waals surface area contributed by atoms with E-state index in [0.29, 0.717) is 35.3 Å². The van der Waals surface area contributed by atoms with Crippen LogP contribution in [0.4, 0.5) is 5.00 Å². The Labute approximate surface area is 191 Å². The second-order valence-corrected chi connectivity index (χ2v) is 8.86. The van der Waals surface area contributed by atoms with E-state index in [1.807, 2.05) is 30.3 Å². The van der Waals surface area contributed by atoms with Gasteiger partial charge in [-0.15, -0.1) is 11.3 Å². The number of carbonyl (C=O) groups excluding carboxylic acids is 2. The highest BCUT2D eigenvalue weighted by atomic mass is 32.1. The van der Waals surface area contributed by atoms with Gasteiger partial charge in [0.2, 0.25) is 11.8 Å². The molecule has 0 fully saturated rings. The number of fused-ring (bicyclic) bond motifs is 1. The number of carbonyl (C=O) groups is 2. The lowest BCUT2D eigenvalue weighted by Crippen LogP contribution is -2.27. The Bertz CT molecular complexity index is 1070. The zero-order chi connectivity index (χ0) is 22.3. The normalized spacial score (nSPS) is 12.9. The average molecular weight is 454 g/mol. The monoisotopic (exact) mass is 453 g/mol. The minimum Gasteiger partial charge on any atom is -0.444 e. The summed E-state index contributed by atoms with van der Waals surface area (Å²) in [6.07, 6.45) is 6.31. The molecule has 2 aromatic heterocycles. The lowest BCUT2D eigenvalue weighted by Gasteiger charge is -2.13. The Kier molecular flexibility index (Phi) is 7.34. The van der Waals surface area contributed by atoms with E-state index in [2.05, 4.69) is 15.6 Å². The SMILES string of the molecule is COCCCNC(=O)c1c(NC(=O)Cc2coc(-c3ccccc3)n2)sc2c1CCCC2. The van der Waals surface area contributed by atoms with Crippen molar-refractivity contribution in [3.63, 3.8) is 0 Å². The quantitative estimate of drug-likeness (QED) is 0.473. The number of amides is 2. The molecule has 32 heavy (non-hydrogen) atoms. The van der Waals surface area contributed by atoms with Gasteiger partial charge in [-0.2, -0.15) is 0 Å². The molecule has 7 nitrogen and oxygen atoms in total. The largest absolute Gasteiger partial charge is 0.444 e. The molecule has 1 aliphatic carbocycles. The Morgan fingerprint density at radius 3 is 2.81 bits per heavy atom. The Hall–Kier alpha value is -2.97. The predicted octanol–water partition coefficient (Wildman–Crippen LogP) is 4.23. The first-order chi connectivity index (χ1) is 15.7. The van der Waals surface area contributed by atoms with Crippen molar-refractivity contribution in [3.05, 3.63) is 58.3 Å². The van der Waals surface area contributed by atoms with Crippen LogP contribution in [0.15, 0.2) is 41.0 Å². The molecule has 0 radical (unpaired) electrons. The number of rotatable bonds is 9. The number of hydrogen-bond acceptors (Lipinski definition) is 6. The molecular weight excluding hydrogens is 426 g/mol. The number of anilines is 1. The highest BCUT2D eigenvalue weighted by Crippen LogP contribution is 2.38. The van der Waals surface area contributed by atoms with Gasteiger partial charge in [-0.05, 0) is 49.8 Å². The fourth-order valence-electron chi connectivity index (χ4n) is 3.84. The van der Waals surface area contributed by atoms with Crippen LogP contribution in [0.3, 0.4) is 0 Å². The summed E-state index contributed by atoms with van der Waals surface area (Å²) in [5.41, 5.74) is 3.10. The number of nitrogens with zero attached hydrogens (tertiary/aromatic N) is 1. The van der Waals surface area contributed by atoms with E-state index in [-0.39, 0.29) is 18.2 Å². The fourth-order valence-corrected chi connectivity index (χ4v) is 5.14. The molecule has 3 aromatic rings. The average Bonchev–Trinajstić information content (AvgIpc) is 3.41. The molecule has 4 rings (SSSR count). The molecule has 2 amide bonds. The number of benzene rings is 1. The number of methoxy groups -OCH3 is 1. The smallest absolute Gasteiger partial charge is 0.254 e. The van der Waals surface area contributed by atoms with Crippen LogP contribution in [0, 0.1) is 0 Å². The lowest BCUT2D eigenvalue weighted by molar-refractivity contribution is -0.115. The zero-order valence-electron chi connectivity index (χ0n) is 18.1. The molecule has 1 aromatic carbocycles. The van der Waals surface area contributed by atoms with Crippen LogP contribution in [0.2, 0.25) is 0 Å². The predicted molar refractivity (Wildman–Crippen MR) is 124 cm³/mol. The van der Waals surface area contributed by atoms with Crippen molar-refractivity contribution in [1.82, 2.24) is 10.3 Å². The van der Waals surface area contributed by atoms with E-state index >= 15 is 0 Å². The molecule has 2 N–H and O–H groups in total. The lowest BCUT2D eigenvalue weighted by atomic mass is 9.95. The van der Waals surface area contributed by atoms with Crippen LogP contribution in [-0.4, -0.2) is 37.1 Å². The fraction of sp³-hybridized carbons (Fsp3) is 0.375. The second kappa shape index (κ2) is 10.6. The topological polar surface area (TPSA) is 93.5 Å². The van der Waals surface area contributed by atoms with E-state index in [4.69, 9.17) is 9.15 Å². The van der Waals surface area contributed by atoms with Crippen LogP contribution in [-0.2, 0) is 28.8 Å². The first-order valence-corrected chi connectivity index (χ1v) is 11.7. The van der Waals surface area contributed by atoms with E-state index in [9.17, 15) is 9.59 Å². The van der Waals surface area contributed by atoms with Crippen LogP contribution >= 0.6 is 11.3 Å². The standard InChI is InChI=1S/C24H27N3O4S/c1-30-13-7-12-25-22(29)21-18-10-5-6-11-19(18)32-24(21)27-20(28)14-17-15-31-23(26-17)16-8-3-2-4-9-16/h2-4,8-9,15H,5-7,10-14H2,1H3,(H,25,29)(H,27,28). The molecule has 0 spiro atoms. The molecule has 168 valence electrons. The van der Waals surface area contributed by atoms with Gasteiger partial charge in [0.1, 0.15) is 11.3 Å². The molecule has 0 atom stereocenters. The van der Waals surface area contributed by atoms with Crippen LogP contribution < -0.4 is 10.6 Å². The maximum absolute atomic E-state index is 12.9. The van der Waals surface area contributed by atoms with Crippen molar-refractivity contribution in [1.29, 1.82) is 0 Å². The van der Waals surface area contributed by atoms with Gasteiger partial charge in [0.05, 0.1) is 17.7 Å². The van der Waals surface area contributed by atoms with Crippen molar-refractivity contribution in [2.75, 3.05) is 25.6 Å². The first-order valence-electron chi connectivity index (χ1n) is 10.9. The van der Waals surface area contributed by atoms with E-state index in [1.54, 1.807) is 7.11 Å².